The van der Waals surface area contributed by atoms with E-state index in [4.69, 9.17) is 21.6 Å². The summed E-state index contributed by atoms with van der Waals surface area (Å²) in [5, 5.41) is 11.6. The van der Waals surface area contributed by atoms with E-state index in [2.05, 4.69) is 5.32 Å². The molecule has 78 valence electrons. The summed E-state index contributed by atoms with van der Waals surface area (Å²) in [7, 11) is 1.51. The van der Waals surface area contributed by atoms with E-state index in [1.54, 1.807) is 12.1 Å². The molecule has 0 radical (unpaired) electrons. The molecule has 0 saturated carbocycles. The Balaban J connectivity index is 2.80. The fraction of sp³-hybridized carbons (Fsp3) is 0.200. The number of carbonyl (C=O) groups is 1. The predicted molar refractivity (Wildman–Crippen MR) is 55.7 cm³/mol. The van der Waals surface area contributed by atoms with Gasteiger partial charge in [-0.25, -0.2) is 0 Å². The molecule has 0 aliphatic rings. The molecule has 15 heavy (non-hydrogen) atoms. The number of likely N-dealkylation sites (N-methyl/N-ethyl adjacent to an activating group) is 1. The van der Waals surface area contributed by atoms with Crippen LogP contribution in [0.4, 0.5) is 0 Å². The van der Waals surface area contributed by atoms with Gasteiger partial charge in [-0.3, -0.25) is 4.79 Å². The lowest BCUT2D eigenvalue weighted by Gasteiger charge is -2.06. The fourth-order valence-electron chi connectivity index (χ4n) is 0.923. The molecule has 0 atom stereocenters. The minimum Gasteiger partial charge on any atom is -0.482 e. The summed E-state index contributed by atoms with van der Waals surface area (Å²) in [6, 6.07) is 6.59. The maximum Gasteiger partial charge on any atom is 0.257 e. The van der Waals surface area contributed by atoms with Gasteiger partial charge < -0.3 is 10.1 Å². The summed E-state index contributed by atoms with van der Waals surface area (Å²) in [4.78, 5) is 10.9. The zero-order valence-electron chi connectivity index (χ0n) is 8.08. The lowest BCUT2D eigenvalue weighted by molar-refractivity contribution is -0.122. The highest BCUT2D eigenvalue weighted by Crippen LogP contribution is 2.22. The molecule has 0 aliphatic heterocycles. The van der Waals surface area contributed by atoms with Crippen LogP contribution in [0.5, 0.6) is 5.75 Å². The van der Waals surface area contributed by atoms with E-state index in [9.17, 15) is 4.79 Å². The van der Waals surface area contributed by atoms with Gasteiger partial charge in [-0.2, -0.15) is 5.26 Å². The van der Waals surface area contributed by atoms with Crippen molar-refractivity contribution in [1.82, 2.24) is 5.32 Å². The number of carbonyl (C=O) groups excluding carboxylic acids is 1. The molecule has 1 amide bonds. The highest BCUT2D eigenvalue weighted by atomic mass is 35.5. The second-order valence-corrected chi connectivity index (χ2v) is 3.15. The number of halogens is 1. The van der Waals surface area contributed by atoms with Crippen LogP contribution in [0.2, 0.25) is 5.02 Å². The number of benzene rings is 1. The lowest BCUT2D eigenvalue weighted by atomic mass is 10.2. The molecule has 0 aliphatic carbocycles. The van der Waals surface area contributed by atoms with Crippen LogP contribution >= 0.6 is 11.6 Å². The van der Waals surface area contributed by atoms with E-state index in [1.807, 2.05) is 6.07 Å². The van der Waals surface area contributed by atoms with Gasteiger partial charge in [0.25, 0.3) is 5.91 Å². The number of hydrogen-bond acceptors (Lipinski definition) is 3. The summed E-state index contributed by atoms with van der Waals surface area (Å²) in [5.74, 6) is 0.0486. The average molecular weight is 225 g/mol. The van der Waals surface area contributed by atoms with Crippen LogP contribution in [-0.4, -0.2) is 19.6 Å². The zero-order chi connectivity index (χ0) is 11.3. The molecular weight excluding hydrogens is 216 g/mol. The second-order valence-electron chi connectivity index (χ2n) is 2.71. The van der Waals surface area contributed by atoms with Gasteiger partial charge in [0.1, 0.15) is 11.8 Å². The van der Waals surface area contributed by atoms with Crippen LogP contribution in [0.3, 0.4) is 0 Å². The van der Waals surface area contributed by atoms with Crippen LogP contribution < -0.4 is 10.1 Å². The first kappa shape index (κ1) is 11.3. The predicted octanol–water partition coefficient (Wildman–Crippen LogP) is 1.34. The van der Waals surface area contributed by atoms with Gasteiger partial charge in [0.05, 0.1) is 5.56 Å². The molecule has 0 unspecified atom stereocenters. The quantitative estimate of drug-likeness (QED) is 0.843. The first-order valence-electron chi connectivity index (χ1n) is 4.20. The number of rotatable bonds is 3. The Bertz CT molecular complexity index is 412. The third kappa shape index (κ3) is 3.15. The Morgan fingerprint density at radius 3 is 3.00 bits per heavy atom. The van der Waals surface area contributed by atoms with Gasteiger partial charge in [-0.05, 0) is 12.1 Å². The number of nitrogens with one attached hydrogen (secondary N) is 1. The van der Waals surface area contributed by atoms with Crippen molar-refractivity contribution in [2.75, 3.05) is 13.7 Å². The standard InChI is InChI=1S/C10H9ClN2O2/c1-13-10(14)6-15-9-4-8(11)3-2-7(9)5-12/h2-4H,6H2,1H3,(H,13,14). The van der Waals surface area contributed by atoms with Crippen molar-refractivity contribution in [2.24, 2.45) is 0 Å². The van der Waals surface area contributed by atoms with Crippen LogP contribution in [0.1, 0.15) is 5.56 Å². The molecule has 5 heteroatoms. The molecule has 1 N–H and O–H groups in total. The van der Waals surface area contributed by atoms with Gasteiger partial charge in [0, 0.05) is 18.1 Å². The van der Waals surface area contributed by atoms with E-state index in [0.29, 0.717) is 16.3 Å². The Morgan fingerprint density at radius 1 is 1.67 bits per heavy atom. The SMILES string of the molecule is CNC(=O)COc1cc(Cl)ccc1C#N. The van der Waals surface area contributed by atoms with Crippen molar-refractivity contribution >= 4 is 17.5 Å². The molecule has 0 heterocycles. The van der Waals surface area contributed by atoms with Gasteiger partial charge >= 0.3 is 0 Å². The van der Waals surface area contributed by atoms with E-state index in [-0.39, 0.29) is 12.5 Å². The van der Waals surface area contributed by atoms with Crippen LogP contribution in [0, 0.1) is 11.3 Å². The number of amides is 1. The lowest BCUT2D eigenvalue weighted by Crippen LogP contribution is -2.25. The minimum atomic E-state index is -0.265. The Kier molecular flexibility index (Phi) is 3.95. The van der Waals surface area contributed by atoms with Gasteiger partial charge in [0.15, 0.2) is 6.61 Å². The van der Waals surface area contributed by atoms with Crippen LogP contribution in [0.25, 0.3) is 0 Å². The number of ether oxygens (including phenoxy) is 1. The Morgan fingerprint density at radius 2 is 2.40 bits per heavy atom. The van der Waals surface area contributed by atoms with E-state index in [1.165, 1.54) is 13.1 Å². The van der Waals surface area contributed by atoms with Crippen molar-refractivity contribution in [3.8, 4) is 11.8 Å². The monoisotopic (exact) mass is 224 g/mol. The number of nitrogens with zero attached hydrogens (tertiary/aromatic N) is 1. The van der Waals surface area contributed by atoms with Crippen molar-refractivity contribution in [1.29, 1.82) is 5.26 Å². The summed E-state index contributed by atoms with van der Waals surface area (Å²) in [6.45, 7) is -0.133. The van der Waals surface area contributed by atoms with Gasteiger partial charge in [-0.15, -0.1) is 0 Å². The molecule has 0 bridgehead atoms. The highest BCUT2D eigenvalue weighted by molar-refractivity contribution is 6.30. The number of nitriles is 1. The topological polar surface area (TPSA) is 62.1 Å². The average Bonchev–Trinajstić information content (AvgIpc) is 2.26. The molecule has 1 rings (SSSR count). The van der Waals surface area contributed by atoms with Crippen LogP contribution in [-0.2, 0) is 4.79 Å². The smallest absolute Gasteiger partial charge is 0.257 e. The van der Waals surface area contributed by atoms with Crippen molar-refractivity contribution in [3.63, 3.8) is 0 Å². The molecule has 4 nitrogen and oxygen atoms in total. The zero-order valence-corrected chi connectivity index (χ0v) is 8.84. The third-order valence-corrected chi connectivity index (χ3v) is 1.94. The van der Waals surface area contributed by atoms with Gasteiger partial charge in [0.2, 0.25) is 0 Å². The van der Waals surface area contributed by atoms with E-state index < -0.39 is 0 Å². The minimum absolute atomic E-state index is 0.133. The molecular formula is C10H9ClN2O2. The summed E-state index contributed by atoms with van der Waals surface area (Å²) >= 11 is 5.73. The van der Waals surface area contributed by atoms with Crippen molar-refractivity contribution < 1.29 is 9.53 Å². The molecule has 1 aromatic carbocycles. The molecule has 0 saturated heterocycles. The van der Waals surface area contributed by atoms with Crippen LogP contribution in [0.15, 0.2) is 18.2 Å². The Labute approximate surface area is 92.4 Å². The molecule has 0 fully saturated rings. The first-order chi connectivity index (χ1) is 7.17. The summed E-state index contributed by atoms with van der Waals surface area (Å²) in [5.41, 5.74) is 0.350. The summed E-state index contributed by atoms with van der Waals surface area (Å²) in [6.07, 6.45) is 0. The number of hydrogen-bond donors (Lipinski definition) is 1. The van der Waals surface area contributed by atoms with Crippen molar-refractivity contribution in [2.45, 2.75) is 0 Å². The first-order valence-corrected chi connectivity index (χ1v) is 4.58. The second kappa shape index (κ2) is 5.23. The Hall–Kier alpha value is -1.73. The molecule has 0 aromatic heterocycles. The summed E-state index contributed by atoms with van der Waals surface area (Å²) < 4.78 is 5.14. The normalized spacial score (nSPS) is 9.13. The van der Waals surface area contributed by atoms with E-state index in [0.717, 1.165) is 0 Å². The van der Waals surface area contributed by atoms with E-state index >= 15 is 0 Å². The fourth-order valence-corrected chi connectivity index (χ4v) is 1.09. The molecule has 0 spiro atoms. The van der Waals surface area contributed by atoms with Gasteiger partial charge in [-0.1, -0.05) is 11.6 Å². The van der Waals surface area contributed by atoms with Crippen molar-refractivity contribution in [3.05, 3.63) is 28.8 Å². The maximum absolute atomic E-state index is 10.9. The largest absolute Gasteiger partial charge is 0.482 e. The maximum atomic E-state index is 10.9. The molecule has 1 aromatic rings. The third-order valence-electron chi connectivity index (χ3n) is 1.70. The highest BCUT2D eigenvalue weighted by Gasteiger charge is 2.06.